The van der Waals surface area contributed by atoms with Crippen LogP contribution in [-0.4, -0.2) is 30.4 Å². The van der Waals surface area contributed by atoms with E-state index in [4.69, 9.17) is 11.6 Å². The van der Waals surface area contributed by atoms with Crippen LogP contribution in [0.3, 0.4) is 0 Å². The Morgan fingerprint density at radius 1 is 1.06 bits per heavy atom. The van der Waals surface area contributed by atoms with E-state index in [9.17, 15) is 9.59 Å². The average molecular weight is 438 g/mol. The monoisotopic (exact) mass is 437 g/mol. The fourth-order valence-electron chi connectivity index (χ4n) is 3.59. The zero-order chi connectivity index (χ0) is 23.8. The van der Waals surface area contributed by atoms with Crippen molar-refractivity contribution in [2.75, 3.05) is 18.5 Å². The van der Waals surface area contributed by atoms with Crippen molar-refractivity contribution in [3.05, 3.63) is 65.2 Å². The molecule has 0 fully saturated rings. The van der Waals surface area contributed by atoms with Crippen molar-refractivity contribution in [2.24, 2.45) is 17.5 Å². The Bertz CT molecular complexity index is 982. The minimum atomic E-state index is -0.119. The van der Waals surface area contributed by atoms with Crippen LogP contribution in [0.25, 0.3) is 11.4 Å². The van der Waals surface area contributed by atoms with Crippen LogP contribution in [0.15, 0.2) is 48.5 Å². The summed E-state index contributed by atoms with van der Waals surface area (Å²) in [4.78, 5) is 26.8. The van der Waals surface area contributed by atoms with E-state index in [1.54, 1.807) is 11.9 Å². The molecule has 0 bridgehead atoms. The summed E-state index contributed by atoms with van der Waals surface area (Å²) in [5, 5.41) is 4.33. The highest BCUT2D eigenvalue weighted by atomic mass is 16.2. The van der Waals surface area contributed by atoms with E-state index < -0.39 is 0 Å². The summed E-state index contributed by atoms with van der Waals surface area (Å²) in [7, 11) is 1.75. The molecule has 0 spiro atoms. The predicted molar refractivity (Wildman–Crippen MR) is 131 cm³/mol. The van der Waals surface area contributed by atoms with Gasteiger partial charge in [0.05, 0.1) is 23.6 Å². The van der Waals surface area contributed by atoms with Gasteiger partial charge in [0.25, 0.3) is 0 Å². The van der Waals surface area contributed by atoms with Gasteiger partial charge in [0, 0.05) is 37.1 Å². The second-order valence-corrected chi connectivity index (χ2v) is 7.72. The summed E-state index contributed by atoms with van der Waals surface area (Å²) in [6.07, 6.45) is 0.197. The van der Waals surface area contributed by atoms with Crippen LogP contribution in [-0.2, 0) is 16.1 Å². The molecule has 0 unspecified atom stereocenters. The molecule has 0 aromatic heterocycles. The summed E-state index contributed by atoms with van der Waals surface area (Å²) in [6, 6.07) is 15.3. The van der Waals surface area contributed by atoms with E-state index in [-0.39, 0.29) is 30.7 Å². The number of hydrazine groups is 1. The molecular weight excluding hydrogens is 402 g/mol. The van der Waals surface area contributed by atoms with Crippen molar-refractivity contribution in [3.63, 3.8) is 0 Å². The summed E-state index contributed by atoms with van der Waals surface area (Å²) >= 11 is 0. The van der Waals surface area contributed by atoms with Crippen molar-refractivity contribution >= 4 is 28.9 Å². The first-order valence-electron chi connectivity index (χ1n) is 11.0. The van der Waals surface area contributed by atoms with Gasteiger partial charge in [-0.1, -0.05) is 70.2 Å². The van der Waals surface area contributed by atoms with Gasteiger partial charge < -0.3 is 21.0 Å². The van der Waals surface area contributed by atoms with Gasteiger partial charge in [-0.05, 0) is 11.6 Å². The number of fused-ring (bicyclic) bond motifs is 2. The number of carbonyl (C=O) groups is 2. The minimum Gasteiger partial charge on any atom is -0.396 e. The second kappa shape index (κ2) is 11.3. The van der Waals surface area contributed by atoms with E-state index in [2.05, 4.69) is 5.32 Å². The molecule has 32 heavy (non-hydrogen) atoms. The largest absolute Gasteiger partial charge is 0.396 e. The number of rotatable bonds is 5. The SMILES string of the molecule is CC.CC(C)C(=O)NCCC(=O)N1Cc2ccccc2/C(N(C)N)=C(/N)c2ccccc21. The molecule has 0 saturated heterocycles. The Balaban J connectivity index is 0.00000176. The van der Waals surface area contributed by atoms with Gasteiger partial charge in [0.15, 0.2) is 0 Å². The van der Waals surface area contributed by atoms with Crippen molar-refractivity contribution in [1.82, 2.24) is 10.3 Å². The molecule has 0 aliphatic carbocycles. The summed E-state index contributed by atoms with van der Waals surface area (Å²) in [6.45, 7) is 8.32. The van der Waals surface area contributed by atoms with Gasteiger partial charge in [0.2, 0.25) is 11.8 Å². The van der Waals surface area contributed by atoms with E-state index in [0.717, 1.165) is 22.4 Å². The Labute approximate surface area is 191 Å². The highest BCUT2D eigenvalue weighted by molar-refractivity contribution is 6.01. The van der Waals surface area contributed by atoms with Crippen molar-refractivity contribution in [3.8, 4) is 0 Å². The Hall–Kier alpha value is -3.32. The molecule has 0 atom stereocenters. The quantitative estimate of drug-likeness (QED) is 0.492. The Morgan fingerprint density at radius 3 is 2.28 bits per heavy atom. The fraction of sp³-hybridized carbons (Fsp3) is 0.360. The van der Waals surface area contributed by atoms with Gasteiger partial charge in [-0.2, -0.15) is 0 Å². The van der Waals surface area contributed by atoms with Crippen LogP contribution in [0.2, 0.25) is 0 Å². The minimum absolute atomic E-state index is 0.0657. The molecule has 1 aliphatic heterocycles. The van der Waals surface area contributed by atoms with Crippen LogP contribution in [0.4, 0.5) is 5.69 Å². The highest BCUT2D eigenvalue weighted by Gasteiger charge is 2.26. The van der Waals surface area contributed by atoms with E-state index in [1.165, 1.54) is 5.01 Å². The maximum Gasteiger partial charge on any atom is 0.229 e. The molecule has 5 N–H and O–H groups in total. The molecule has 1 heterocycles. The molecule has 1 aliphatic rings. The predicted octanol–water partition coefficient (Wildman–Crippen LogP) is 3.31. The van der Waals surface area contributed by atoms with E-state index in [0.29, 0.717) is 17.9 Å². The number of carbonyl (C=O) groups excluding carboxylic acids is 2. The lowest BCUT2D eigenvalue weighted by Crippen LogP contribution is -2.37. The zero-order valence-corrected chi connectivity index (χ0v) is 19.7. The number of para-hydroxylation sites is 1. The number of amides is 2. The third kappa shape index (κ3) is 5.48. The number of nitrogens with one attached hydrogen (secondary N) is 1. The molecule has 2 amide bonds. The van der Waals surface area contributed by atoms with Crippen LogP contribution in [0.5, 0.6) is 0 Å². The summed E-state index contributed by atoms with van der Waals surface area (Å²) in [5.74, 6) is 5.87. The van der Waals surface area contributed by atoms with Gasteiger partial charge in [-0.3, -0.25) is 9.59 Å². The number of nitrogens with zero attached hydrogens (tertiary/aromatic N) is 2. The number of benzene rings is 2. The number of anilines is 1. The Morgan fingerprint density at radius 2 is 1.66 bits per heavy atom. The first-order valence-corrected chi connectivity index (χ1v) is 11.0. The third-order valence-corrected chi connectivity index (χ3v) is 5.16. The maximum absolute atomic E-state index is 13.2. The maximum atomic E-state index is 13.2. The normalized spacial score (nSPS) is 14.9. The number of nitrogens with two attached hydrogens (primary N) is 2. The molecular formula is C25H35N5O2. The molecule has 2 aromatic rings. The molecule has 3 rings (SSSR count). The summed E-state index contributed by atoms with van der Waals surface area (Å²) < 4.78 is 0. The second-order valence-electron chi connectivity index (χ2n) is 7.72. The lowest BCUT2D eigenvalue weighted by atomic mass is 9.95. The van der Waals surface area contributed by atoms with Crippen LogP contribution in [0.1, 0.15) is 50.8 Å². The van der Waals surface area contributed by atoms with Crippen molar-refractivity contribution in [2.45, 2.75) is 40.7 Å². The van der Waals surface area contributed by atoms with Gasteiger partial charge in [-0.25, -0.2) is 5.84 Å². The number of hydrogen-bond acceptors (Lipinski definition) is 5. The fourth-order valence-corrected chi connectivity index (χ4v) is 3.59. The first kappa shape index (κ1) is 24.9. The molecule has 7 heteroatoms. The molecule has 0 saturated carbocycles. The molecule has 172 valence electrons. The van der Waals surface area contributed by atoms with Gasteiger partial charge in [-0.15, -0.1) is 0 Å². The summed E-state index contributed by atoms with van der Waals surface area (Å²) in [5.41, 5.74) is 11.1. The van der Waals surface area contributed by atoms with Crippen LogP contribution in [0, 0.1) is 5.92 Å². The van der Waals surface area contributed by atoms with Gasteiger partial charge >= 0.3 is 0 Å². The van der Waals surface area contributed by atoms with Crippen molar-refractivity contribution in [1.29, 1.82) is 0 Å². The highest BCUT2D eigenvalue weighted by Crippen LogP contribution is 2.36. The first-order chi connectivity index (χ1) is 15.3. The number of hydrogen-bond donors (Lipinski definition) is 3. The van der Waals surface area contributed by atoms with Crippen LogP contribution < -0.4 is 21.8 Å². The average Bonchev–Trinajstić information content (AvgIpc) is 2.78. The lowest BCUT2D eigenvalue weighted by molar-refractivity contribution is -0.124. The molecule has 0 radical (unpaired) electrons. The van der Waals surface area contributed by atoms with Gasteiger partial charge in [0.1, 0.15) is 0 Å². The standard InChI is InChI=1S/C23H29N5O2.C2H6/c1-15(2)23(30)26-13-12-20(29)28-14-16-8-4-5-9-17(16)22(27(3)25)21(24)18-10-6-7-11-19(18)28;1-2/h4-11,15H,12-14,24-25H2,1-3H3,(H,26,30);1-2H3/b22-21-;. The smallest absolute Gasteiger partial charge is 0.229 e. The Kier molecular flexibility index (Phi) is 8.84. The molecule has 7 nitrogen and oxygen atoms in total. The lowest BCUT2D eigenvalue weighted by Gasteiger charge is -2.31. The third-order valence-electron chi connectivity index (χ3n) is 5.16. The van der Waals surface area contributed by atoms with Crippen LogP contribution >= 0.6 is 0 Å². The van der Waals surface area contributed by atoms with E-state index in [1.807, 2.05) is 76.2 Å². The zero-order valence-electron chi connectivity index (χ0n) is 19.7. The molecule has 2 aromatic carbocycles. The van der Waals surface area contributed by atoms with Crippen molar-refractivity contribution < 1.29 is 9.59 Å². The topological polar surface area (TPSA) is 105 Å². The van der Waals surface area contributed by atoms with E-state index >= 15 is 0 Å².